The molecule has 0 saturated carbocycles. The van der Waals surface area contributed by atoms with Crippen molar-refractivity contribution in [1.29, 1.82) is 0 Å². The summed E-state index contributed by atoms with van der Waals surface area (Å²) < 4.78 is 7.90. The van der Waals surface area contributed by atoms with Crippen LogP contribution < -0.4 is 35.3 Å². The van der Waals surface area contributed by atoms with Gasteiger partial charge in [0, 0.05) is 90.1 Å². The Morgan fingerprint density at radius 2 is 0.856 bits per heavy atom. The van der Waals surface area contributed by atoms with Crippen molar-refractivity contribution in [1.82, 2.24) is 0 Å². The van der Waals surface area contributed by atoms with E-state index in [4.69, 9.17) is 4.74 Å². The van der Waals surface area contributed by atoms with Gasteiger partial charge < -0.3 is 24.3 Å². The van der Waals surface area contributed by atoms with E-state index in [0.29, 0.717) is 0 Å². The van der Waals surface area contributed by atoms with Crippen LogP contribution in [-0.2, 0) is 10.8 Å². The smallest absolute Gasteiger partial charge is 0.229 e. The molecule has 4 aliphatic heterocycles. The molecule has 5 nitrogen and oxygen atoms in total. The molecular formula is C110H94B2N4OS. The normalized spacial score (nSPS) is 18.0. The third-order valence-electron chi connectivity index (χ3n) is 25.9. The van der Waals surface area contributed by atoms with Crippen LogP contribution in [0.1, 0.15) is 91.2 Å². The highest BCUT2D eigenvalue weighted by molar-refractivity contribution is 8.00. The molecule has 0 saturated heterocycles. The number of para-hydroxylation sites is 1. The number of benzene rings is 13. The fourth-order valence-corrected chi connectivity index (χ4v) is 21.4. The first-order chi connectivity index (χ1) is 57.8. The number of ether oxygens (including phenoxy) is 1. The van der Waals surface area contributed by atoms with E-state index in [1.54, 1.807) is 0 Å². The predicted octanol–water partition coefficient (Wildman–Crippen LogP) is 28.4. The Morgan fingerprint density at radius 1 is 0.398 bits per heavy atom. The number of anilines is 9. The predicted molar refractivity (Wildman–Crippen MR) is 502 cm³/mol. The molecule has 0 spiro atoms. The van der Waals surface area contributed by atoms with Crippen molar-refractivity contribution >= 4 is 87.3 Å². The molecule has 13 aromatic rings. The number of hydrogen-bond acceptors (Lipinski definition) is 6. The Kier molecular flexibility index (Phi) is 18.5. The van der Waals surface area contributed by atoms with Gasteiger partial charge in [-0.1, -0.05) is 332 Å². The maximum atomic E-state index is 7.90. The molecule has 0 radical (unpaired) electrons. The van der Waals surface area contributed by atoms with Gasteiger partial charge in [0.05, 0.1) is 17.5 Å². The molecule has 0 aromatic heterocycles. The summed E-state index contributed by atoms with van der Waals surface area (Å²) in [7, 11) is 0. The summed E-state index contributed by atoms with van der Waals surface area (Å²) in [4.78, 5) is 11.8. The second-order valence-corrected chi connectivity index (χ2v) is 36.3. The van der Waals surface area contributed by atoms with Gasteiger partial charge in [-0.2, -0.15) is 0 Å². The van der Waals surface area contributed by atoms with Crippen LogP contribution in [0.4, 0.5) is 51.2 Å². The van der Waals surface area contributed by atoms with Crippen molar-refractivity contribution in [2.45, 2.75) is 119 Å². The lowest BCUT2D eigenvalue weighted by molar-refractivity contribution is 0.186. The van der Waals surface area contributed by atoms with Gasteiger partial charge >= 0.3 is 0 Å². The number of fused-ring (bicyclic) bond motifs is 7. The first-order valence-corrected chi connectivity index (χ1v) is 43.4. The van der Waals surface area contributed by atoms with Crippen molar-refractivity contribution in [2.24, 2.45) is 0 Å². The Morgan fingerprint density at radius 3 is 1.33 bits per heavy atom. The van der Waals surface area contributed by atoms with Gasteiger partial charge in [0.1, 0.15) is 5.75 Å². The van der Waals surface area contributed by atoms with E-state index in [1.807, 2.05) is 0 Å². The zero-order chi connectivity index (χ0) is 79.3. The van der Waals surface area contributed by atoms with Gasteiger partial charge in [-0.3, -0.25) is 0 Å². The topological polar surface area (TPSA) is 22.2 Å². The van der Waals surface area contributed by atoms with Gasteiger partial charge in [0.25, 0.3) is 0 Å². The van der Waals surface area contributed by atoms with Gasteiger partial charge in [-0.05, 0) is 212 Å². The van der Waals surface area contributed by atoms with Crippen molar-refractivity contribution in [2.75, 3.05) is 19.6 Å². The Bertz CT molecular complexity index is 6010. The first kappa shape index (κ1) is 73.2. The van der Waals surface area contributed by atoms with Crippen molar-refractivity contribution in [3.8, 4) is 72.5 Å². The second kappa shape index (κ2) is 29.9. The average Bonchev–Trinajstić information content (AvgIpc) is 0.687. The van der Waals surface area contributed by atoms with Gasteiger partial charge in [-0.15, -0.1) is 11.8 Å². The van der Waals surface area contributed by atoms with Gasteiger partial charge in [0.2, 0.25) is 13.4 Å². The summed E-state index contributed by atoms with van der Waals surface area (Å²) in [5, 5.41) is -0.00434. The van der Waals surface area contributed by atoms with Crippen LogP contribution in [0.3, 0.4) is 0 Å². The molecule has 4 aliphatic carbocycles. The summed E-state index contributed by atoms with van der Waals surface area (Å²) in [5.41, 5.74) is 36.3. The van der Waals surface area contributed by atoms with E-state index in [9.17, 15) is 0 Å². The van der Waals surface area contributed by atoms with E-state index in [1.165, 1.54) is 127 Å². The van der Waals surface area contributed by atoms with Gasteiger partial charge in [-0.25, -0.2) is 0 Å². The number of hydrogen-bond donors (Lipinski definition) is 0. The maximum Gasteiger partial charge on any atom is 0.229 e. The second-order valence-electron chi connectivity index (χ2n) is 35.1. The highest BCUT2D eigenvalue weighted by Crippen LogP contribution is 2.60. The third kappa shape index (κ3) is 13.2. The first-order valence-electron chi connectivity index (χ1n) is 42.5. The lowest BCUT2D eigenvalue weighted by Gasteiger charge is -2.52. The molecule has 8 heteroatoms. The highest BCUT2D eigenvalue weighted by Gasteiger charge is 2.55. The molecule has 13 aromatic carbocycles. The fourth-order valence-electron chi connectivity index (χ4n) is 20.0. The molecule has 118 heavy (non-hydrogen) atoms. The molecule has 0 fully saturated rings. The summed E-state index contributed by atoms with van der Waals surface area (Å²) >= 11 is 2.08. The van der Waals surface area contributed by atoms with Crippen molar-refractivity contribution in [3.05, 3.63) is 403 Å². The molecule has 4 heterocycles. The zero-order valence-corrected chi connectivity index (χ0v) is 68.8. The Hall–Kier alpha value is -12.5. The molecule has 21 rings (SSSR count). The van der Waals surface area contributed by atoms with Crippen molar-refractivity contribution < 1.29 is 4.74 Å². The van der Waals surface area contributed by atoms with E-state index in [0.717, 1.165) is 89.8 Å². The number of thioether (sulfide) groups is 1. The van der Waals surface area contributed by atoms with Crippen LogP contribution in [0.25, 0.3) is 66.8 Å². The monoisotopic (exact) mass is 1540 g/mol. The summed E-state index contributed by atoms with van der Waals surface area (Å²) in [6.07, 6.45) is 28.5. The summed E-state index contributed by atoms with van der Waals surface area (Å²) in [6.45, 7) is 14.0. The number of rotatable bonds is 14. The summed E-state index contributed by atoms with van der Waals surface area (Å²) in [6, 6.07) is 116. The molecule has 4 unspecified atom stereocenters. The van der Waals surface area contributed by atoms with E-state index in [-0.39, 0.29) is 47.2 Å². The minimum atomic E-state index is -0.0542. The van der Waals surface area contributed by atoms with Crippen molar-refractivity contribution in [3.63, 3.8) is 0 Å². The summed E-state index contributed by atoms with van der Waals surface area (Å²) in [5.74, 6) is 1.11. The van der Waals surface area contributed by atoms with Crippen LogP contribution in [0.2, 0.25) is 11.6 Å². The number of allylic oxidation sites excluding steroid dienone is 11. The lowest BCUT2D eigenvalue weighted by atomic mass is 9.25. The lowest BCUT2D eigenvalue weighted by Crippen LogP contribution is -2.57. The molecule has 0 amide bonds. The zero-order valence-electron chi connectivity index (χ0n) is 68.0. The fraction of sp³-hybridized carbons (Fsp3) is 0.164. The molecular weight excluding hydrogens is 1450 g/mol. The van der Waals surface area contributed by atoms with E-state index in [2.05, 4.69) is 437 Å². The molecule has 572 valence electrons. The van der Waals surface area contributed by atoms with Crippen LogP contribution in [-0.4, -0.2) is 24.8 Å². The van der Waals surface area contributed by atoms with Crippen LogP contribution >= 0.6 is 11.8 Å². The Balaban J connectivity index is 0.823. The number of nitrogens with zero attached hydrogens (tertiary/aromatic N) is 4. The quantitative estimate of drug-likeness (QED) is 0.0794. The van der Waals surface area contributed by atoms with Crippen LogP contribution in [0, 0.1) is 0 Å². The largest absolute Gasteiger partial charge is 0.491 e. The van der Waals surface area contributed by atoms with Crippen LogP contribution in [0.15, 0.2) is 397 Å². The highest BCUT2D eigenvalue weighted by atomic mass is 32.2. The standard InChI is InChI=1S/C110H94B2N4OS/c1-109(2,3)83-55-43-81(44-56-83)92-37-26-38-93(82-45-57-84(58-46-82)110(4,5)6)108(92)116-99-72-104-97(71-96(99)112-95-40-23-25-42-102(95)117-103-69-90(67-100(116)106(103)112)113(86-59-47-77(48-60-86)73-27-12-7-13-28-73)87-61-49-78(50-62-87)74-29-14-8-15-30-74)111-94-39-22-24-41-98(94)115(85-35-20-11-21-36-85)101-68-91(70-105(118-104)107(101)111)114(88-63-51-79(52-64-88)75-31-16-9-17-32-75)89-65-53-80(54-66-89)76-33-18-10-19-34-76/h7-20,22-23,26-35,37-40,43-72,95,97,102,104H,21,24-25,36,41-42H2,1-6H3. The molecule has 8 aliphatic rings. The molecule has 0 bridgehead atoms. The maximum absolute atomic E-state index is 7.90. The molecule has 4 atom stereocenters. The van der Waals surface area contributed by atoms with Crippen LogP contribution in [0.5, 0.6) is 5.75 Å². The molecule has 0 N–H and O–H groups in total. The average molecular weight is 1540 g/mol. The third-order valence-corrected chi connectivity index (χ3v) is 27.2. The van der Waals surface area contributed by atoms with E-state index >= 15 is 0 Å². The SMILES string of the molecule is CC(C)(C)c1ccc(-c2cccc(-c3ccc(C(C)(C)C)cc3)c2N2C3=CC4Sc5cc(N(c6ccc(-c7ccccc7)cc6)c6ccc(-c7ccccc7)cc6)cc6c5B(C5=C(CCC=C5)N6C5=CC=CCC5)C4C=C3B3c4c(cc(N(c5ccc(-c6ccccc6)cc5)c5ccc(-c6ccccc6)cc5)cc42)OC2CCC=CC32)cc1. The van der Waals surface area contributed by atoms with E-state index < -0.39 is 0 Å². The minimum Gasteiger partial charge on any atom is -0.491 e. The Labute approximate surface area is 701 Å². The minimum absolute atomic E-state index is 0.00434. The van der Waals surface area contributed by atoms with Gasteiger partial charge in [0.15, 0.2) is 0 Å².